The van der Waals surface area contributed by atoms with Crippen LogP contribution >= 0.6 is 0 Å². The van der Waals surface area contributed by atoms with Gasteiger partial charge in [0.1, 0.15) is 0 Å². The molecule has 0 radical (unpaired) electrons. The van der Waals surface area contributed by atoms with E-state index in [1.165, 1.54) is 7.11 Å². The molecule has 0 aromatic rings. The highest BCUT2D eigenvalue weighted by Gasteiger charge is 2.14. The van der Waals surface area contributed by atoms with E-state index >= 15 is 0 Å². The molecule has 0 aliphatic rings. The molecular formula is C11H21NO3. The standard InChI is InChI=1S/C11H21NO3/c1-9(10(14)15-4)5-6-12-7-11(2,3)8-13/h5,12-13H,6-8H2,1-4H3. The van der Waals surface area contributed by atoms with Crippen LogP contribution in [0.3, 0.4) is 0 Å². The van der Waals surface area contributed by atoms with Gasteiger partial charge in [0.05, 0.1) is 7.11 Å². The van der Waals surface area contributed by atoms with Gasteiger partial charge in [-0.2, -0.15) is 0 Å². The van der Waals surface area contributed by atoms with E-state index in [2.05, 4.69) is 10.1 Å². The van der Waals surface area contributed by atoms with Crippen molar-refractivity contribution in [2.75, 3.05) is 26.8 Å². The first kappa shape index (κ1) is 14.1. The third kappa shape index (κ3) is 6.25. The van der Waals surface area contributed by atoms with Gasteiger partial charge >= 0.3 is 5.97 Å². The van der Waals surface area contributed by atoms with Crippen molar-refractivity contribution in [2.45, 2.75) is 20.8 Å². The number of carbonyl (C=O) groups is 1. The Morgan fingerprint density at radius 1 is 1.53 bits per heavy atom. The Labute approximate surface area is 91.3 Å². The first-order valence-corrected chi connectivity index (χ1v) is 4.99. The third-order valence-corrected chi connectivity index (χ3v) is 2.09. The van der Waals surface area contributed by atoms with Gasteiger partial charge in [0.15, 0.2) is 0 Å². The van der Waals surface area contributed by atoms with Crippen molar-refractivity contribution in [1.29, 1.82) is 0 Å². The molecule has 15 heavy (non-hydrogen) atoms. The first-order chi connectivity index (χ1) is 6.93. The Hall–Kier alpha value is -0.870. The Morgan fingerprint density at radius 2 is 2.13 bits per heavy atom. The summed E-state index contributed by atoms with van der Waals surface area (Å²) < 4.78 is 4.56. The van der Waals surface area contributed by atoms with Crippen molar-refractivity contribution >= 4 is 5.97 Å². The normalized spacial score (nSPS) is 12.7. The van der Waals surface area contributed by atoms with Crippen molar-refractivity contribution in [2.24, 2.45) is 5.41 Å². The quantitative estimate of drug-likeness (QED) is 0.389. The molecule has 4 heteroatoms. The van der Waals surface area contributed by atoms with E-state index in [1.807, 2.05) is 13.8 Å². The summed E-state index contributed by atoms with van der Waals surface area (Å²) in [4.78, 5) is 11.0. The number of nitrogens with one attached hydrogen (secondary N) is 1. The summed E-state index contributed by atoms with van der Waals surface area (Å²) in [7, 11) is 1.36. The molecule has 0 aromatic heterocycles. The minimum absolute atomic E-state index is 0.132. The summed E-state index contributed by atoms with van der Waals surface area (Å²) in [5.41, 5.74) is 0.458. The number of rotatable bonds is 6. The van der Waals surface area contributed by atoms with Crippen LogP contribution in [0.15, 0.2) is 11.6 Å². The fourth-order valence-electron chi connectivity index (χ4n) is 0.936. The maximum atomic E-state index is 11.0. The first-order valence-electron chi connectivity index (χ1n) is 4.99. The van der Waals surface area contributed by atoms with Crippen molar-refractivity contribution in [3.8, 4) is 0 Å². The number of esters is 1. The van der Waals surface area contributed by atoms with Crippen LogP contribution in [0, 0.1) is 5.41 Å². The summed E-state index contributed by atoms with van der Waals surface area (Å²) in [5, 5.41) is 12.1. The van der Waals surface area contributed by atoms with Gasteiger partial charge in [0, 0.05) is 30.7 Å². The zero-order valence-corrected chi connectivity index (χ0v) is 9.96. The zero-order chi connectivity index (χ0) is 11.9. The molecule has 0 amide bonds. The van der Waals surface area contributed by atoms with Crippen LogP contribution in [0.25, 0.3) is 0 Å². The molecule has 0 spiro atoms. The molecule has 2 N–H and O–H groups in total. The highest BCUT2D eigenvalue weighted by atomic mass is 16.5. The summed E-state index contributed by atoms with van der Waals surface area (Å²) in [6.45, 7) is 7.09. The van der Waals surface area contributed by atoms with Crippen LogP contribution in [0.4, 0.5) is 0 Å². The minimum atomic E-state index is -0.307. The fraction of sp³-hybridized carbons (Fsp3) is 0.727. The number of hydrogen-bond donors (Lipinski definition) is 2. The number of hydrogen-bond acceptors (Lipinski definition) is 4. The molecule has 0 atom stereocenters. The predicted octanol–water partition coefficient (Wildman–Crippen LogP) is 0.714. The fourth-order valence-corrected chi connectivity index (χ4v) is 0.936. The molecule has 0 saturated carbocycles. The monoisotopic (exact) mass is 215 g/mol. The number of ether oxygens (including phenoxy) is 1. The molecule has 0 aromatic carbocycles. The molecule has 0 aliphatic carbocycles. The lowest BCUT2D eigenvalue weighted by Crippen LogP contribution is -2.32. The smallest absolute Gasteiger partial charge is 0.333 e. The number of methoxy groups -OCH3 is 1. The molecule has 0 fully saturated rings. The lowest BCUT2D eigenvalue weighted by molar-refractivity contribution is -0.136. The lowest BCUT2D eigenvalue weighted by atomic mass is 9.95. The number of carbonyl (C=O) groups excluding carboxylic acids is 1. The average molecular weight is 215 g/mol. The van der Waals surface area contributed by atoms with Gasteiger partial charge in [0.25, 0.3) is 0 Å². The Bertz CT molecular complexity index is 234. The largest absolute Gasteiger partial charge is 0.466 e. The van der Waals surface area contributed by atoms with Gasteiger partial charge in [-0.1, -0.05) is 19.9 Å². The van der Waals surface area contributed by atoms with Crippen LogP contribution in [0.5, 0.6) is 0 Å². The van der Waals surface area contributed by atoms with Crippen molar-refractivity contribution < 1.29 is 14.6 Å². The van der Waals surface area contributed by atoms with Crippen LogP contribution in [-0.4, -0.2) is 37.9 Å². The molecule has 4 nitrogen and oxygen atoms in total. The van der Waals surface area contributed by atoms with E-state index in [0.29, 0.717) is 18.7 Å². The van der Waals surface area contributed by atoms with E-state index in [9.17, 15) is 4.79 Å². The van der Waals surface area contributed by atoms with Crippen LogP contribution in [0.2, 0.25) is 0 Å². The van der Waals surface area contributed by atoms with Crippen LogP contribution < -0.4 is 5.32 Å². The highest BCUT2D eigenvalue weighted by molar-refractivity contribution is 5.87. The second kappa shape index (κ2) is 6.58. The number of aliphatic hydroxyl groups excluding tert-OH is 1. The summed E-state index contributed by atoms with van der Waals surface area (Å²) >= 11 is 0. The van der Waals surface area contributed by atoms with Gasteiger partial charge in [-0.3, -0.25) is 0 Å². The molecule has 0 heterocycles. The van der Waals surface area contributed by atoms with Crippen molar-refractivity contribution in [1.82, 2.24) is 5.32 Å². The Morgan fingerprint density at radius 3 is 2.60 bits per heavy atom. The zero-order valence-electron chi connectivity index (χ0n) is 9.96. The molecule has 0 aliphatic heterocycles. The van der Waals surface area contributed by atoms with Crippen molar-refractivity contribution in [3.05, 3.63) is 11.6 Å². The van der Waals surface area contributed by atoms with Gasteiger partial charge in [-0.15, -0.1) is 0 Å². The van der Waals surface area contributed by atoms with Crippen LogP contribution in [0.1, 0.15) is 20.8 Å². The van der Waals surface area contributed by atoms with E-state index in [0.717, 1.165) is 0 Å². The summed E-state index contributed by atoms with van der Waals surface area (Å²) in [6, 6.07) is 0. The molecular weight excluding hydrogens is 194 g/mol. The van der Waals surface area contributed by atoms with Crippen molar-refractivity contribution in [3.63, 3.8) is 0 Å². The van der Waals surface area contributed by atoms with E-state index in [1.54, 1.807) is 13.0 Å². The molecule has 0 saturated heterocycles. The maximum absolute atomic E-state index is 11.0. The Kier molecular flexibility index (Phi) is 6.20. The van der Waals surface area contributed by atoms with Gasteiger partial charge in [-0.25, -0.2) is 4.79 Å². The van der Waals surface area contributed by atoms with Gasteiger partial charge in [0.2, 0.25) is 0 Å². The second-order valence-corrected chi connectivity index (χ2v) is 4.33. The van der Waals surface area contributed by atoms with E-state index in [-0.39, 0.29) is 18.0 Å². The molecule has 0 rings (SSSR count). The third-order valence-electron chi connectivity index (χ3n) is 2.09. The van der Waals surface area contributed by atoms with Gasteiger partial charge in [-0.05, 0) is 6.92 Å². The SMILES string of the molecule is COC(=O)C(C)=CCNCC(C)(C)CO. The molecule has 0 unspecified atom stereocenters. The predicted molar refractivity (Wildman–Crippen MR) is 59.5 cm³/mol. The average Bonchev–Trinajstić information content (AvgIpc) is 2.22. The summed E-state index contributed by atoms with van der Waals surface area (Å²) in [5.74, 6) is -0.307. The topological polar surface area (TPSA) is 58.6 Å². The summed E-state index contributed by atoms with van der Waals surface area (Å²) in [6.07, 6.45) is 1.78. The molecule has 88 valence electrons. The van der Waals surface area contributed by atoms with E-state index in [4.69, 9.17) is 5.11 Å². The Balaban J connectivity index is 3.84. The number of aliphatic hydroxyl groups is 1. The van der Waals surface area contributed by atoms with Crippen LogP contribution in [-0.2, 0) is 9.53 Å². The minimum Gasteiger partial charge on any atom is -0.466 e. The second-order valence-electron chi connectivity index (χ2n) is 4.33. The maximum Gasteiger partial charge on any atom is 0.333 e. The lowest BCUT2D eigenvalue weighted by Gasteiger charge is -2.21. The molecule has 0 bridgehead atoms. The van der Waals surface area contributed by atoms with E-state index < -0.39 is 0 Å². The highest BCUT2D eigenvalue weighted by Crippen LogP contribution is 2.10. The van der Waals surface area contributed by atoms with Gasteiger partial charge < -0.3 is 15.2 Å².